The Morgan fingerprint density at radius 1 is 1.43 bits per heavy atom. The van der Waals surface area contributed by atoms with E-state index in [4.69, 9.17) is 0 Å². The molecule has 7 heteroatoms. The van der Waals surface area contributed by atoms with E-state index in [-0.39, 0.29) is 30.3 Å². The van der Waals surface area contributed by atoms with Gasteiger partial charge in [0.05, 0.1) is 12.3 Å². The quantitative estimate of drug-likeness (QED) is 0.835. The number of nitrogens with zero attached hydrogens (tertiary/aromatic N) is 3. The lowest BCUT2D eigenvalue weighted by Crippen LogP contribution is -2.28. The molecular weight excluding hydrogens is 275 g/mol. The molecule has 0 bridgehead atoms. The van der Waals surface area contributed by atoms with E-state index in [1.807, 2.05) is 6.92 Å². The second-order valence-corrected chi connectivity index (χ2v) is 4.53. The molecule has 0 radical (unpaired) electrons. The van der Waals surface area contributed by atoms with Crippen LogP contribution in [0, 0.1) is 5.82 Å². The Morgan fingerprint density at radius 3 is 2.86 bits per heavy atom. The van der Waals surface area contributed by atoms with Crippen molar-refractivity contribution in [2.45, 2.75) is 26.5 Å². The number of benzene rings is 1. The predicted octanol–water partition coefficient (Wildman–Crippen LogP) is 1.10. The number of nitrogens with one attached hydrogen (secondary N) is 1. The highest BCUT2D eigenvalue weighted by molar-refractivity contribution is 5.76. The Kier molecular flexibility index (Phi) is 4.99. The number of hydrogen-bond donors (Lipinski definition) is 2. The highest BCUT2D eigenvalue weighted by Gasteiger charge is 2.18. The Balaban J connectivity index is 2.34. The molecule has 2 aromatic rings. The van der Waals surface area contributed by atoms with E-state index in [9.17, 15) is 14.3 Å². The second-order valence-electron chi connectivity index (χ2n) is 4.53. The lowest BCUT2D eigenvalue weighted by molar-refractivity contribution is -0.121. The van der Waals surface area contributed by atoms with Crippen molar-refractivity contribution in [2.75, 3.05) is 6.54 Å². The Morgan fingerprint density at radius 2 is 2.19 bits per heavy atom. The molecule has 21 heavy (non-hydrogen) atoms. The molecule has 0 atom stereocenters. The van der Waals surface area contributed by atoms with Gasteiger partial charge in [-0.25, -0.2) is 9.07 Å². The summed E-state index contributed by atoms with van der Waals surface area (Å²) in [7, 11) is 0. The molecule has 0 fully saturated rings. The lowest BCUT2D eigenvalue weighted by Gasteiger charge is -2.09. The van der Waals surface area contributed by atoms with E-state index in [1.54, 1.807) is 18.2 Å². The molecular formula is C14H17FN4O2. The summed E-state index contributed by atoms with van der Waals surface area (Å²) < 4.78 is 15.2. The van der Waals surface area contributed by atoms with E-state index in [0.29, 0.717) is 12.2 Å². The van der Waals surface area contributed by atoms with Crippen molar-refractivity contribution < 1.29 is 14.3 Å². The van der Waals surface area contributed by atoms with Crippen LogP contribution in [0.5, 0.6) is 0 Å². The van der Waals surface area contributed by atoms with Crippen LogP contribution in [0.3, 0.4) is 0 Å². The zero-order valence-electron chi connectivity index (χ0n) is 11.7. The fourth-order valence-electron chi connectivity index (χ4n) is 1.97. The summed E-state index contributed by atoms with van der Waals surface area (Å²) in [5.74, 6) is -0.687. The molecule has 2 N–H and O–H groups in total. The first-order chi connectivity index (χ1) is 10.2. The average Bonchev–Trinajstić information content (AvgIpc) is 2.88. The number of aromatic nitrogens is 3. The molecule has 6 nitrogen and oxygen atoms in total. The number of rotatable bonds is 6. The van der Waals surface area contributed by atoms with Crippen molar-refractivity contribution >= 4 is 5.91 Å². The second kappa shape index (κ2) is 6.94. The van der Waals surface area contributed by atoms with Gasteiger partial charge in [-0.15, -0.1) is 5.10 Å². The molecule has 1 heterocycles. The maximum absolute atomic E-state index is 13.9. The standard InChI is InChI=1S/C14H17FN4O2/c1-2-7-16-13(21)8-19-14(12(9-20)17-18-19)10-5-3-4-6-11(10)15/h3-6,20H,2,7-9H2,1H3,(H,16,21). The smallest absolute Gasteiger partial charge is 0.241 e. The monoisotopic (exact) mass is 292 g/mol. The summed E-state index contributed by atoms with van der Waals surface area (Å²) >= 11 is 0. The van der Waals surface area contributed by atoms with E-state index in [2.05, 4.69) is 15.6 Å². The molecule has 2 rings (SSSR count). The molecule has 0 unspecified atom stereocenters. The Labute approximate surface area is 121 Å². The van der Waals surface area contributed by atoms with E-state index >= 15 is 0 Å². The molecule has 0 aliphatic rings. The number of aliphatic hydroxyl groups is 1. The summed E-state index contributed by atoms with van der Waals surface area (Å²) in [4.78, 5) is 11.8. The molecule has 0 saturated heterocycles. The van der Waals surface area contributed by atoms with E-state index < -0.39 is 5.82 Å². The van der Waals surface area contributed by atoms with Gasteiger partial charge in [0.1, 0.15) is 18.1 Å². The van der Waals surface area contributed by atoms with Crippen molar-refractivity contribution in [3.8, 4) is 11.3 Å². The van der Waals surface area contributed by atoms with Gasteiger partial charge < -0.3 is 10.4 Å². The van der Waals surface area contributed by atoms with Gasteiger partial charge in [-0.1, -0.05) is 24.3 Å². The van der Waals surface area contributed by atoms with Crippen LogP contribution in [0.4, 0.5) is 4.39 Å². The van der Waals surface area contributed by atoms with Crippen LogP contribution in [0.1, 0.15) is 19.0 Å². The molecule has 0 aliphatic heterocycles. The highest BCUT2D eigenvalue weighted by atomic mass is 19.1. The van der Waals surface area contributed by atoms with Gasteiger partial charge in [0.15, 0.2) is 0 Å². The van der Waals surface area contributed by atoms with Crippen LogP contribution in [0.25, 0.3) is 11.3 Å². The summed E-state index contributed by atoms with van der Waals surface area (Å²) in [6.07, 6.45) is 0.825. The largest absolute Gasteiger partial charge is 0.390 e. The van der Waals surface area contributed by atoms with Crippen molar-refractivity contribution in [2.24, 2.45) is 0 Å². The molecule has 0 aliphatic carbocycles. The van der Waals surface area contributed by atoms with Gasteiger partial charge in [0, 0.05) is 12.1 Å². The average molecular weight is 292 g/mol. The Hall–Kier alpha value is -2.28. The van der Waals surface area contributed by atoms with Gasteiger partial charge >= 0.3 is 0 Å². The number of aliphatic hydroxyl groups excluding tert-OH is 1. The lowest BCUT2D eigenvalue weighted by atomic mass is 10.1. The Bertz CT molecular complexity index is 627. The normalized spacial score (nSPS) is 10.6. The molecule has 1 amide bonds. The SMILES string of the molecule is CCCNC(=O)Cn1nnc(CO)c1-c1ccccc1F. The topological polar surface area (TPSA) is 80.0 Å². The maximum atomic E-state index is 13.9. The molecule has 0 saturated carbocycles. The number of carbonyl (C=O) groups is 1. The van der Waals surface area contributed by atoms with Crippen LogP contribution >= 0.6 is 0 Å². The zero-order chi connectivity index (χ0) is 15.2. The third-order valence-corrected chi connectivity index (χ3v) is 2.95. The third-order valence-electron chi connectivity index (χ3n) is 2.95. The van der Waals surface area contributed by atoms with Crippen LogP contribution in [-0.4, -0.2) is 32.6 Å². The van der Waals surface area contributed by atoms with Gasteiger partial charge in [-0.3, -0.25) is 4.79 Å². The summed E-state index contributed by atoms with van der Waals surface area (Å²) in [5, 5.41) is 19.7. The van der Waals surface area contributed by atoms with Gasteiger partial charge in [-0.05, 0) is 18.6 Å². The van der Waals surface area contributed by atoms with Gasteiger partial charge in [0.2, 0.25) is 5.91 Å². The van der Waals surface area contributed by atoms with Crippen LogP contribution < -0.4 is 5.32 Å². The maximum Gasteiger partial charge on any atom is 0.241 e. The fraction of sp³-hybridized carbons (Fsp3) is 0.357. The van der Waals surface area contributed by atoms with Crippen LogP contribution in [-0.2, 0) is 17.9 Å². The van der Waals surface area contributed by atoms with Crippen molar-refractivity contribution in [1.82, 2.24) is 20.3 Å². The minimum absolute atomic E-state index is 0.0728. The van der Waals surface area contributed by atoms with Crippen LogP contribution in [0.2, 0.25) is 0 Å². The first kappa shape index (κ1) is 15.1. The summed E-state index contributed by atoms with van der Waals surface area (Å²) in [6, 6.07) is 6.12. The minimum Gasteiger partial charge on any atom is -0.390 e. The van der Waals surface area contributed by atoms with Crippen LogP contribution in [0.15, 0.2) is 24.3 Å². The summed E-state index contributed by atoms with van der Waals surface area (Å²) in [5.41, 5.74) is 0.820. The number of amides is 1. The minimum atomic E-state index is -0.454. The van der Waals surface area contributed by atoms with Gasteiger partial charge in [-0.2, -0.15) is 0 Å². The first-order valence-corrected chi connectivity index (χ1v) is 6.72. The van der Waals surface area contributed by atoms with E-state index in [0.717, 1.165) is 6.42 Å². The molecule has 1 aromatic heterocycles. The molecule has 112 valence electrons. The van der Waals surface area contributed by atoms with Crippen molar-refractivity contribution in [3.05, 3.63) is 35.8 Å². The number of halogens is 1. The third kappa shape index (κ3) is 3.43. The van der Waals surface area contributed by atoms with E-state index in [1.165, 1.54) is 10.7 Å². The predicted molar refractivity (Wildman–Crippen MR) is 74.6 cm³/mol. The zero-order valence-corrected chi connectivity index (χ0v) is 11.7. The molecule has 0 spiro atoms. The molecule has 1 aromatic carbocycles. The highest BCUT2D eigenvalue weighted by Crippen LogP contribution is 2.25. The van der Waals surface area contributed by atoms with Gasteiger partial charge in [0.25, 0.3) is 0 Å². The first-order valence-electron chi connectivity index (χ1n) is 6.72. The number of carbonyl (C=O) groups excluding carboxylic acids is 1. The number of hydrogen-bond acceptors (Lipinski definition) is 4. The summed E-state index contributed by atoms with van der Waals surface area (Å²) in [6.45, 7) is 2.07. The van der Waals surface area contributed by atoms with Crippen molar-refractivity contribution in [3.63, 3.8) is 0 Å². The van der Waals surface area contributed by atoms with Crippen molar-refractivity contribution in [1.29, 1.82) is 0 Å². The fourth-order valence-corrected chi connectivity index (χ4v) is 1.97.